The lowest BCUT2D eigenvalue weighted by atomic mass is 10.1. The number of aromatic amines is 1. The SMILES string of the molecule is O=c1[nH]ncc(N2CCC(OCCCc3ccccc3)C2)c1Cl. The summed E-state index contributed by atoms with van der Waals surface area (Å²) < 4.78 is 5.96. The molecule has 1 N–H and O–H groups in total. The second kappa shape index (κ2) is 7.62. The second-order valence-electron chi connectivity index (χ2n) is 5.71. The van der Waals surface area contributed by atoms with Gasteiger partial charge < -0.3 is 9.64 Å². The molecule has 2 aromatic rings. The first-order chi connectivity index (χ1) is 11.2. The van der Waals surface area contributed by atoms with E-state index in [1.54, 1.807) is 6.20 Å². The summed E-state index contributed by atoms with van der Waals surface area (Å²) in [5, 5.41) is 6.35. The van der Waals surface area contributed by atoms with Crippen LogP contribution < -0.4 is 10.5 Å². The molecule has 1 aromatic heterocycles. The quantitative estimate of drug-likeness (QED) is 0.826. The first kappa shape index (κ1) is 16.0. The van der Waals surface area contributed by atoms with E-state index in [2.05, 4.69) is 39.4 Å². The van der Waals surface area contributed by atoms with Gasteiger partial charge in [-0.05, 0) is 24.8 Å². The number of benzene rings is 1. The van der Waals surface area contributed by atoms with Crippen molar-refractivity contribution < 1.29 is 4.74 Å². The molecule has 1 aliphatic rings. The van der Waals surface area contributed by atoms with Crippen LogP contribution in [0.5, 0.6) is 0 Å². The highest BCUT2D eigenvalue weighted by molar-refractivity contribution is 6.33. The number of anilines is 1. The topological polar surface area (TPSA) is 58.2 Å². The van der Waals surface area contributed by atoms with Gasteiger partial charge in [0.05, 0.1) is 18.0 Å². The Morgan fingerprint density at radius 2 is 2.17 bits per heavy atom. The standard InChI is InChI=1S/C17H20ClN3O2/c18-16-15(11-19-20-17(16)22)21-9-8-14(12-21)23-10-4-7-13-5-2-1-3-6-13/h1-3,5-6,11,14H,4,7-10,12H2,(H,20,22). The molecule has 5 nitrogen and oxygen atoms in total. The molecule has 1 atom stereocenters. The van der Waals surface area contributed by atoms with Crippen LogP contribution in [0.1, 0.15) is 18.4 Å². The lowest BCUT2D eigenvalue weighted by molar-refractivity contribution is 0.0667. The van der Waals surface area contributed by atoms with Gasteiger partial charge in [0.2, 0.25) is 0 Å². The van der Waals surface area contributed by atoms with Crippen molar-refractivity contribution in [3.63, 3.8) is 0 Å². The van der Waals surface area contributed by atoms with Gasteiger partial charge >= 0.3 is 0 Å². The number of rotatable bonds is 6. The number of aromatic nitrogens is 2. The van der Waals surface area contributed by atoms with Gasteiger partial charge in [0.1, 0.15) is 5.02 Å². The summed E-state index contributed by atoms with van der Waals surface area (Å²) in [6.45, 7) is 2.32. The van der Waals surface area contributed by atoms with E-state index in [0.717, 1.165) is 39.0 Å². The number of H-pyrrole nitrogens is 1. The Labute approximate surface area is 140 Å². The first-order valence-electron chi connectivity index (χ1n) is 7.87. The van der Waals surface area contributed by atoms with E-state index >= 15 is 0 Å². The third-order valence-electron chi connectivity index (χ3n) is 4.07. The summed E-state index contributed by atoms with van der Waals surface area (Å²) in [4.78, 5) is 13.6. The minimum Gasteiger partial charge on any atom is -0.376 e. The van der Waals surface area contributed by atoms with Crippen LogP contribution in [0.3, 0.4) is 0 Å². The van der Waals surface area contributed by atoms with Gasteiger partial charge in [-0.3, -0.25) is 4.79 Å². The Morgan fingerprint density at radius 1 is 1.35 bits per heavy atom. The molecule has 0 radical (unpaired) electrons. The van der Waals surface area contributed by atoms with Crippen molar-refractivity contribution in [3.8, 4) is 0 Å². The summed E-state index contributed by atoms with van der Waals surface area (Å²) >= 11 is 6.05. The Bertz CT molecular complexity index is 690. The zero-order chi connectivity index (χ0) is 16.1. The Kier molecular flexibility index (Phi) is 5.31. The highest BCUT2D eigenvalue weighted by atomic mass is 35.5. The molecule has 1 aliphatic heterocycles. The predicted octanol–water partition coefficient (Wildman–Crippen LogP) is 2.65. The van der Waals surface area contributed by atoms with Gasteiger partial charge in [-0.1, -0.05) is 41.9 Å². The summed E-state index contributed by atoms with van der Waals surface area (Å²) in [5.41, 5.74) is 1.67. The van der Waals surface area contributed by atoms with Crippen LogP contribution in [0.25, 0.3) is 0 Å². The van der Waals surface area contributed by atoms with Crippen molar-refractivity contribution in [2.24, 2.45) is 0 Å². The van der Waals surface area contributed by atoms with Crippen molar-refractivity contribution in [2.75, 3.05) is 24.6 Å². The predicted molar refractivity (Wildman–Crippen MR) is 91.2 cm³/mol. The van der Waals surface area contributed by atoms with Crippen molar-refractivity contribution in [2.45, 2.75) is 25.4 Å². The molecular weight excluding hydrogens is 314 g/mol. The van der Waals surface area contributed by atoms with Crippen molar-refractivity contribution >= 4 is 17.3 Å². The highest BCUT2D eigenvalue weighted by Gasteiger charge is 2.25. The Hall–Kier alpha value is -1.85. The summed E-state index contributed by atoms with van der Waals surface area (Å²) in [7, 11) is 0. The van der Waals surface area contributed by atoms with Crippen LogP contribution in [-0.2, 0) is 11.2 Å². The number of nitrogens with zero attached hydrogens (tertiary/aromatic N) is 2. The van der Waals surface area contributed by atoms with E-state index in [1.807, 2.05) is 6.07 Å². The van der Waals surface area contributed by atoms with Gasteiger partial charge in [0.25, 0.3) is 5.56 Å². The minimum atomic E-state index is -0.351. The van der Waals surface area contributed by atoms with Crippen molar-refractivity contribution in [3.05, 3.63) is 57.5 Å². The van der Waals surface area contributed by atoms with Gasteiger partial charge in [-0.15, -0.1) is 0 Å². The van der Waals surface area contributed by atoms with E-state index in [4.69, 9.17) is 16.3 Å². The number of halogens is 1. The van der Waals surface area contributed by atoms with Crippen LogP contribution >= 0.6 is 11.6 Å². The van der Waals surface area contributed by atoms with Gasteiger partial charge in [0.15, 0.2) is 0 Å². The first-order valence-corrected chi connectivity index (χ1v) is 8.25. The van der Waals surface area contributed by atoms with Crippen molar-refractivity contribution in [1.82, 2.24) is 10.2 Å². The van der Waals surface area contributed by atoms with Crippen LogP contribution in [-0.4, -0.2) is 36.0 Å². The van der Waals surface area contributed by atoms with E-state index in [0.29, 0.717) is 5.69 Å². The molecule has 0 bridgehead atoms. The number of aryl methyl sites for hydroxylation is 1. The molecule has 0 amide bonds. The van der Waals surface area contributed by atoms with E-state index in [-0.39, 0.29) is 16.7 Å². The molecule has 2 heterocycles. The molecular formula is C17H20ClN3O2. The van der Waals surface area contributed by atoms with Crippen LogP contribution in [0, 0.1) is 0 Å². The molecule has 6 heteroatoms. The third-order valence-corrected chi connectivity index (χ3v) is 4.43. The molecule has 0 saturated carbocycles. The van der Waals surface area contributed by atoms with E-state index in [9.17, 15) is 4.79 Å². The maximum Gasteiger partial charge on any atom is 0.285 e. The molecule has 1 fully saturated rings. The fourth-order valence-electron chi connectivity index (χ4n) is 2.85. The second-order valence-corrected chi connectivity index (χ2v) is 6.09. The number of hydrogen-bond donors (Lipinski definition) is 1. The molecule has 3 rings (SSSR count). The zero-order valence-electron chi connectivity index (χ0n) is 12.9. The van der Waals surface area contributed by atoms with Crippen LogP contribution in [0.15, 0.2) is 41.3 Å². The molecule has 23 heavy (non-hydrogen) atoms. The summed E-state index contributed by atoms with van der Waals surface area (Å²) in [6.07, 6.45) is 4.76. The molecule has 0 aliphatic carbocycles. The lowest BCUT2D eigenvalue weighted by Gasteiger charge is -2.18. The molecule has 1 saturated heterocycles. The fraction of sp³-hybridized carbons (Fsp3) is 0.412. The number of ether oxygens (including phenoxy) is 1. The average molecular weight is 334 g/mol. The van der Waals surface area contributed by atoms with Gasteiger partial charge in [0, 0.05) is 19.7 Å². The van der Waals surface area contributed by atoms with Gasteiger partial charge in [-0.25, -0.2) is 5.10 Å². The van der Waals surface area contributed by atoms with Crippen LogP contribution in [0.2, 0.25) is 5.02 Å². The normalized spacial score (nSPS) is 17.6. The average Bonchev–Trinajstić information content (AvgIpc) is 3.04. The maximum atomic E-state index is 11.5. The number of hydrogen-bond acceptors (Lipinski definition) is 4. The molecule has 1 aromatic carbocycles. The van der Waals surface area contributed by atoms with E-state index < -0.39 is 0 Å². The summed E-state index contributed by atoms with van der Waals surface area (Å²) in [5.74, 6) is 0. The highest BCUT2D eigenvalue weighted by Crippen LogP contribution is 2.25. The van der Waals surface area contributed by atoms with Crippen LogP contribution in [0.4, 0.5) is 5.69 Å². The zero-order valence-corrected chi connectivity index (χ0v) is 13.6. The summed E-state index contributed by atoms with van der Waals surface area (Å²) in [6, 6.07) is 10.4. The minimum absolute atomic E-state index is 0.182. The van der Waals surface area contributed by atoms with Gasteiger partial charge in [-0.2, -0.15) is 5.10 Å². The number of nitrogens with one attached hydrogen (secondary N) is 1. The molecule has 122 valence electrons. The smallest absolute Gasteiger partial charge is 0.285 e. The monoisotopic (exact) mass is 333 g/mol. The molecule has 1 unspecified atom stereocenters. The lowest BCUT2D eigenvalue weighted by Crippen LogP contribution is -2.25. The Balaban J connectivity index is 1.45. The Morgan fingerprint density at radius 3 is 3.00 bits per heavy atom. The molecule has 0 spiro atoms. The largest absolute Gasteiger partial charge is 0.376 e. The van der Waals surface area contributed by atoms with E-state index in [1.165, 1.54) is 5.56 Å². The maximum absolute atomic E-state index is 11.5. The fourth-order valence-corrected chi connectivity index (χ4v) is 3.06. The third kappa shape index (κ3) is 4.12. The van der Waals surface area contributed by atoms with Crippen molar-refractivity contribution in [1.29, 1.82) is 0 Å².